The minimum Gasteiger partial charge on any atom is -0.481 e. The van der Waals surface area contributed by atoms with E-state index in [9.17, 15) is 18.4 Å². The predicted octanol–water partition coefficient (Wildman–Crippen LogP) is 2.63. The van der Waals surface area contributed by atoms with Gasteiger partial charge in [0.05, 0.1) is 12.5 Å². The molecule has 0 amide bonds. The summed E-state index contributed by atoms with van der Waals surface area (Å²) in [7, 11) is 0. The Morgan fingerprint density at radius 1 is 1.24 bits per heavy atom. The van der Waals surface area contributed by atoms with Gasteiger partial charge in [0, 0.05) is 5.56 Å². The van der Waals surface area contributed by atoms with Crippen LogP contribution in [0.5, 0.6) is 0 Å². The second-order valence-electron chi connectivity index (χ2n) is 5.28. The Balaban J connectivity index is 2.82. The zero-order chi connectivity index (χ0) is 16.0. The van der Waals surface area contributed by atoms with E-state index >= 15 is 0 Å². The number of carbonyl (C=O) groups excluding carboxylic acids is 1. The Kier molecular flexibility index (Phi) is 6.42. The molecule has 21 heavy (non-hydrogen) atoms. The van der Waals surface area contributed by atoms with Crippen LogP contribution in [0.25, 0.3) is 0 Å². The van der Waals surface area contributed by atoms with Gasteiger partial charge in [-0.3, -0.25) is 9.59 Å². The number of hydrogen-bond acceptors (Lipinski definition) is 3. The Hall–Kier alpha value is -1.82. The monoisotopic (exact) mass is 299 g/mol. The molecule has 1 rings (SSSR count). The quantitative estimate of drug-likeness (QED) is 0.724. The van der Waals surface area contributed by atoms with Crippen molar-refractivity contribution >= 4 is 11.8 Å². The van der Waals surface area contributed by atoms with Crippen LogP contribution in [-0.4, -0.2) is 29.4 Å². The van der Waals surface area contributed by atoms with Crippen molar-refractivity contribution in [1.82, 2.24) is 5.32 Å². The van der Waals surface area contributed by atoms with Gasteiger partial charge in [-0.05, 0) is 37.1 Å². The summed E-state index contributed by atoms with van der Waals surface area (Å²) in [5.41, 5.74) is -0.0443. The lowest BCUT2D eigenvalue weighted by Crippen LogP contribution is -2.39. The molecule has 1 aromatic carbocycles. The molecular weight excluding hydrogens is 280 g/mol. The first-order chi connectivity index (χ1) is 9.81. The topological polar surface area (TPSA) is 66.4 Å². The third kappa shape index (κ3) is 5.59. The van der Waals surface area contributed by atoms with Gasteiger partial charge in [-0.15, -0.1) is 0 Å². The summed E-state index contributed by atoms with van der Waals surface area (Å²) < 4.78 is 26.0. The van der Waals surface area contributed by atoms with Gasteiger partial charge in [0.25, 0.3) is 0 Å². The lowest BCUT2D eigenvalue weighted by Gasteiger charge is -2.16. The van der Waals surface area contributed by atoms with Crippen LogP contribution in [0.15, 0.2) is 18.2 Å². The fourth-order valence-electron chi connectivity index (χ4n) is 1.83. The molecule has 0 saturated heterocycles. The molecule has 6 heteroatoms. The zero-order valence-electron chi connectivity index (χ0n) is 12.0. The largest absolute Gasteiger partial charge is 0.481 e. The predicted molar refractivity (Wildman–Crippen MR) is 74.2 cm³/mol. The van der Waals surface area contributed by atoms with Crippen LogP contribution in [0.4, 0.5) is 8.78 Å². The highest BCUT2D eigenvalue weighted by molar-refractivity contribution is 6.01. The van der Waals surface area contributed by atoms with E-state index in [0.717, 1.165) is 24.6 Å². The minimum atomic E-state index is -1.13. The standard InChI is InChI=1S/C15H19F2NO3/c1-9(2)5-6-18-13(8-14(19)20)15(21)10-3-4-11(16)12(17)7-10/h3-4,7,9,13,18H,5-6,8H2,1-2H3,(H,19,20). The van der Waals surface area contributed by atoms with Crippen LogP contribution in [0.3, 0.4) is 0 Å². The summed E-state index contributed by atoms with van der Waals surface area (Å²) in [6.45, 7) is 4.49. The Labute approximate surface area is 122 Å². The smallest absolute Gasteiger partial charge is 0.305 e. The molecule has 0 heterocycles. The average Bonchev–Trinajstić information content (AvgIpc) is 2.39. The molecule has 1 atom stereocenters. The highest BCUT2D eigenvalue weighted by Gasteiger charge is 2.23. The van der Waals surface area contributed by atoms with Crippen LogP contribution < -0.4 is 5.32 Å². The number of nitrogens with one attached hydrogen (secondary N) is 1. The summed E-state index contributed by atoms with van der Waals surface area (Å²) in [4.78, 5) is 23.0. The highest BCUT2D eigenvalue weighted by atomic mass is 19.2. The second kappa shape index (κ2) is 7.83. The molecule has 0 aliphatic carbocycles. The van der Waals surface area contributed by atoms with E-state index in [-0.39, 0.29) is 5.56 Å². The Morgan fingerprint density at radius 2 is 1.90 bits per heavy atom. The number of ketones is 1. The van der Waals surface area contributed by atoms with Crippen molar-refractivity contribution in [2.24, 2.45) is 5.92 Å². The number of benzene rings is 1. The fourth-order valence-corrected chi connectivity index (χ4v) is 1.83. The summed E-state index contributed by atoms with van der Waals surface area (Å²) in [5.74, 6) is -3.46. The van der Waals surface area contributed by atoms with E-state index in [2.05, 4.69) is 5.32 Å². The minimum absolute atomic E-state index is 0.0443. The third-order valence-electron chi connectivity index (χ3n) is 3.01. The first-order valence-electron chi connectivity index (χ1n) is 6.75. The summed E-state index contributed by atoms with van der Waals surface area (Å²) in [6.07, 6.45) is 0.372. The van der Waals surface area contributed by atoms with Crippen LogP contribution in [-0.2, 0) is 4.79 Å². The highest BCUT2D eigenvalue weighted by Crippen LogP contribution is 2.12. The number of carboxylic acids is 1. The molecule has 1 unspecified atom stereocenters. The van der Waals surface area contributed by atoms with Crippen LogP contribution in [0.1, 0.15) is 37.0 Å². The molecule has 2 N–H and O–H groups in total. The van der Waals surface area contributed by atoms with E-state index in [4.69, 9.17) is 5.11 Å². The number of carboxylic acid groups (broad SMARTS) is 1. The van der Waals surface area contributed by atoms with Crippen molar-refractivity contribution in [3.63, 3.8) is 0 Å². The van der Waals surface area contributed by atoms with Crippen molar-refractivity contribution < 1.29 is 23.5 Å². The Morgan fingerprint density at radius 3 is 2.43 bits per heavy atom. The molecule has 0 aliphatic rings. The maximum absolute atomic E-state index is 13.2. The lowest BCUT2D eigenvalue weighted by atomic mass is 10.0. The van der Waals surface area contributed by atoms with Gasteiger partial charge >= 0.3 is 5.97 Å². The fraction of sp³-hybridized carbons (Fsp3) is 0.467. The summed E-state index contributed by atoms with van der Waals surface area (Å²) in [6, 6.07) is 1.84. The zero-order valence-corrected chi connectivity index (χ0v) is 12.0. The van der Waals surface area contributed by atoms with Gasteiger partial charge < -0.3 is 10.4 Å². The first kappa shape index (κ1) is 17.2. The van der Waals surface area contributed by atoms with Crippen LogP contribution in [0, 0.1) is 17.6 Å². The van der Waals surface area contributed by atoms with E-state index < -0.39 is 35.8 Å². The molecule has 0 aromatic heterocycles. The van der Waals surface area contributed by atoms with Gasteiger partial charge in [0.1, 0.15) is 0 Å². The van der Waals surface area contributed by atoms with Gasteiger partial charge in [-0.2, -0.15) is 0 Å². The molecular formula is C15H19F2NO3. The number of aliphatic carboxylic acids is 1. The molecule has 116 valence electrons. The molecule has 0 radical (unpaired) electrons. The van der Waals surface area contributed by atoms with Crippen molar-refractivity contribution in [2.75, 3.05) is 6.54 Å². The van der Waals surface area contributed by atoms with E-state index in [1.165, 1.54) is 0 Å². The van der Waals surface area contributed by atoms with E-state index in [1.807, 2.05) is 13.8 Å². The Bertz CT molecular complexity index is 518. The van der Waals surface area contributed by atoms with E-state index in [0.29, 0.717) is 12.5 Å². The van der Waals surface area contributed by atoms with Gasteiger partial charge in [0.2, 0.25) is 0 Å². The van der Waals surface area contributed by atoms with Gasteiger partial charge in [0.15, 0.2) is 17.4 Å². The van der Waals surface area contributed by atoms with Gasteiger partial charge in [-0.25, -0.2) is 8.78 Å². The molecule has 1 aromatic rings. The van der Waals surface area contributed by atoms with Crippen molar-refractivity contribution in [3.05, 3.63) is 35.4 Å². The third-order valence-corrected chi connectivity index (χ3v) is 3.01. The average molecular weight is 299 g/mol. The van der Waals surface area contributed by atoms with E-state index in [1.54, 1.807) is 0 Å². The first-order valence-corrected chi connectivity index (χ1v) is 6.75. The number of hydrogen-bond donors (Lipinski definition) is 2. The maximum Gasteiger partial charge on any atom is 0.305 e. The number of carbonyl (C=O) groups is 2. The molecule has 0 saturated carbocycles. The van der Waals surface area contributed by atoms with Gasteiger partial charge in [-0.1, -0.05) is 13.8 Å². The normalized spacial score (nSPS) is 12.4. The molecule has 0 fully saturated rings. The number of halogens is 2. The summed E-state index contributed by atoms with van der Waals surface area (Å²) >= 11 is 0. The lowest BCUT2D eigenvalue weighted by molar-refractivity contribution is -0.137. The van der Waals surface area contributed by atoms with Crippen molar-refractivity contribution in [2.45, 2.75) is 32.7 Å². The molecule has 4 nitrogen and oxygen atoms in total. The van der Waals surface area contributed by atoms with Crippen LogP contribution in [0.2, 0.25) is 0 Å². The molecule has 0 bridgehead atoms. The number of rotatable bonds is 8. The second-order valence-corrected chi connectivity index (χ2v) is 5.28. The van der Waals surface area contributed by atoms with Crippen LogP contribution >= 0.6 is 0 Å². The van der Waals surface area contributed by atoms with Crippen molar-refractivity contribution in [1.29, 1.82) is 0 Å². The maximum atomic E-state index is 13.2. The molecule has 0 spiro atoms. The number of Topliss-reactive ketones (excluding diaryl/α,β-unsaturated/α-hetero) is 1. The SMILES string of the molecule is CC(C)CCNC(CC(=O)O)C(=O)c1ccc(F)c(F)c1. The summed E-state index contributed by atoms with van der Waals surface area (Å²) in [5, 5.41) is 11.7. The van der Waals surface area contributed by atoms with Crippen molar-refractivity contribution in [3.8, 4) is 0 Å². The molecule has 0 aliphatic heterocycles.